The Morgan fingerprint density at radius 2 is 2.28 bits per heavy atom. The monoisotopic (exact) mass is 269 g/mol. The molecule has 1 aliphatic rings. The molecule has 1 aromatic rings. The van der Waals surface area contributed by atoms with Crippen LogP contribution in [0, 0.1) is 5.41 Å². The minimum atomic E-state index is -0.474. The molecule has 0 radical (unpaired) electrons. The molecule has 1 aromatic carbocycles. The Morgan fingerprint density at radius 1 is 1.56 bits per heavy atom. The second-order valence-electron chi connectivity index (χ2n) is 5.36. The molecule has 2 atom stereocenters. The molecule has 1 heterocycles. The average molecular weight is 270 g/mol. The number of aliphatic hydroxyl groups is 1. The third kappa shape index (κ3) is 2.48. The summed E-state index contributed by atoms with van der Waals surface area (Å²) in [5, 5.41) is 10.6. The summed E-state index contributed by atoms with van der Waals surface area (Å²) >= 11 is 6.13. The Morgan fingerprint density at radius 3 is 2.89 bits per heavy atom. The van der Waals surface area contributed by atoms with Gasteiger partial charge in [0, 0.05) is 23.4 Å². The van der Waals surface area contributed by atoms with Crippen LogP contribution in [0.2, 0.25) is 5.02 Å². The van der Waals surface area contributed by atoms with E-state index < -0.39 is 6.10 Å². The van der Waals surface area contributed by atoms with E-state index in [2.05, 4.69) is 0 Å². The number of hydrogen-bond donors (Lipinski definition) is 2. The Balaban J connectivity index is 2.35. The molecule has 3 N–H and O–H groups in total. The molecule has 0 aliphatic carbocycles. The number of fused-ring (bicyclic) bond motifs is 1. The van der Waals surface area contributed by atoms with Crippen molar-refractivity contribution in [3.05, 3.63) is 28.3 Å². The second kappa shape index (κ2) is 5.08. The van der Waals surface area contributed by atoms with Gasteiger partial charge in [0.25, 0.3) is 0 Å². The molecular formula is C14H20ClNO2. The first kappa shape index (κ1) is 13.7. The van der Waals surface area contributed by atoms with Crippen molar-refractivity contribution < 1.29 is 9.84 Å². The molecule has 0 saturated carbocycles. The lowest BCUT2D eigenvalue weighted by Gasteiger charge is -2.31. The molecule has 18 heavy (non-hydrogen) atoms. The van der Waals surface area contributed by atoms with E-state index in [0.717, 1.165) is 28.3 Å². The Labute approximate surface area is 113 Å². The van der Waals surface area contributed by atoms with E-state index >= 15 is 0 Å². The standard InChI is InChI=1S/C14H20ClNO2/c1-9(17)14(2,8-16)7-11-6-12(15)5-10-3-4-18-13(10)11/h5-6,9,17H,3-4,7-8,16H2,1-2H3. The van der Waals surface area contributed by atoms with Gasteiger partial charge in [-0.1, -0.05) is 18.5 Å². The number of benzene rings is 1. The zero-order valence-electron chi connectivity index (χ0n) is 10.9. The van der Waals surface area contributed by atoms with Crippen LogP contribution in [0.3, 0.4) is 0 Å². The molecular weight excluding hydrogens is 250 g/mol. The summed E-state index contributed by atoms with van der Waals surface area (Å²) < 4.78 is 5.67. The van der Waals surface area contributed by atoms with E-state index in [9.17, 15) is 5.11 Å². The SMILES string of the molecule is CC(O)C(C)(CN)Cc1cc(Cl)cc2c1OCC2. The van der Waals surface area contributed by atoms with E-state index in [1.807, 2.05) is 19.1 Å². The van der Waals surface area contributed by atoms with Crippen molar-refractivity contribution in [3.63, 3.8) is 0 Å². The van der Waals surface area contributed by atoms with Gasteiger partial charge in [0.15, 0.2) is 0 Å². The van der Waals surface area contributed by atoms with Gasteiger partial charge in [0.1, 0.15) is 5.75 Å². The molecule has 4 heteroatoms. The minimum Gasteiger partial charge on any atom is -0.493 e. The van der Waals surface area contributed by atoms with Gasteiger partial charge in [-0.15, -0.1) is 0 Å². The molecule has 0 amide bonds. The van der Waals surface area contributed by atoms with Gasteiger partial charge in [-0.3, -0.25) is 0 Å². The van der Waals surface area contributed by atoms with Crippen LogP contribution >= 0.6 is 11.6 Å². The number of rotatable bonds is 4. The van der Waals surface area contributed by atoms with Crippen LogP contribution < -0.4 is 10.5 Å². The molecule has 2 rings (SSSR count). The fourth-order valence-electron chi connectivity index (χ4n) is 2.30. The highest BCUT2D eigenvalue weighted by atomic mass is 35.5. The Kier molecular flexibility index (Phi) is 3.85. The number of ether oxygens (including phenoxy) is 1. The third-order valence-electron chi connectivity index (χ3n) is 3.89. The molecule has 100 valence electrons. The lowest BCUT2D eigenvalue weighted by molar-refractivity contribution is 0.0584. The molecule has 0 bridgehead atoms. The maximum Gasteiger partial charge on any atom is 0.125 e. The van der Waals surface area contributed by atoms with Gasteiger partial charge >= 0.3 is 0 Å². The summed E-state index contributed by atoms with van der Waals surface area (Å²) in [6.45, 7) is 4.89. The first-order chi connectivity index (χ1) is 8.46. The number of nitrogens with two attached hydrogens (primary N) is 1. The zero-order chi connectivity index (χ0) is 13.3. The Hall–Kier alpha value is -0.770. The van der Waals surface area contributed by atoms with E-state index in [4.69, 9.17) is 22.1 Å². The zero-order valence-corrected chi connectivity index (χ0v) is 11.6. The summed E-state index contributed by atoms with van der Waals surface area (Å²) in [6, 6.07) is 3.87. The summed E-state index contributed by atoms with van der Waals surface area (Å²) in [7, 11) is 0. The van der Waals surface area contributed by atoms with Gasteiger partial charge in [-0.05, 0) is 36.6 Å². The number of hydrogen-bond acceptors (Lipinski definition) is 3. The summed E-state index contributed by atoms with van der Waals surface area (Å²) in [5.74, 6) is 0.930. The van der Waals surface area contributed by atoms with Crippen molar-refractivity contribution in [2.75, 3.05) is 13.2 Å². The molecule has 0 fully saturated rings. The molecule has 2 unspecified atom stereocenters. The summed E-state index contributed by atoms with van der Waals surface area (Å²) in [6.07, 6.45) is 1.10. The van der Waals surface area contributed by atoms with Crippen LogP contribution in [0.5, 0.6) is 5.75 Å². The molecule has 3 nitrogen and oxygen atoms in total. The van der Waals surface area contributed by atoms with Gasteiger partial charge < -0.3 is 15.6 Å². The van der Waals surface area contributed by atoms with Gasteiger partial charge in [-0.25, -0.2) is 0 Å². The van der Waals surface area contributed by atoms with Gasteiger partial charge in [0.05, 0.1) is 12.7 Å². The normalized spacial score (nSPS) is 18.9. The van der Waals surface area contributed by atoms with E-state index in [-0.39, 0.29) is 5.41 Å². The minimum absolute atomic E-state index is 0.357. The smallest absolute Gasteiger partial charge is 0.125 e. The quantitative estimate of drug-likeness (QED) is 0.881. The highest BCUT2D eigenvalue weighted by Gasteiger charge is 2.31. The lowest BCUT2D eigenvalue weighted by atomic mass is 9.79. The largest absolute Gasteiger partial charge is 0.493 e. The molecule has 0 saturated heterocycles. The highest BCUT2D eigenvalue weighted by molar-refractivity contribution is 6.30. The van der Waals surface area contributed by atoms with Gasteiger partial charge in [-0.2, -0.15) is 0 Å². The van der Waals surface area contributed by atoms with Crippen molar-refractivity contribution >= 4 is 11.6 Å². The van der Waals surface area contributed by atoms with Crippen LogP contribution in [-0.2, 0) is 12.8 Å². The predicted molar refractivity (Wildman–Crippen MR) is 73.2 cm³/mol. The lowest BCUT2D eigenvalue weighted by Crippen LogP contribution is -2.39. The first-order valence-corrected chi connectivity index (χ1v) is 6.66. The molecule has 0 aromatic heterocycles. The number of halogens is 1. The molecule has 1 aliphatic heterocycles. The predicted octanol–water partition coefficient (Wildman–Crippen LogP) is 2.16. The van der Waals surface area contributed by atoms with Crippen LogP contribution in [0.25, 0.3) is 0 Å². The average Bonchev–Trinajstić information content (AvgIpc) is 2.76. The van der Waals surface area contributed by atoms with Crippen LogP contribution in [0.15, 0.2) is 12.1 Å². The van der Waals surface area contributed by atoms with E-state index in [1.165, 1.54) is 0 Å². The van der Waals surface area contributed by atoms with Crippen molar-refractivity contribution in [1.29, 1.82) is 0 Å². The fourth-order valence-corrected chi connectivity index (χ4v) is 2.57. The first-order valence-electron chi connectivity index (χ1n) is 6.28. The molecule has 0 spiro atoms. The van der Waals surface area contributed by atoms with Crippen LogP contribution in [0.4, 0.5) is 0 Å². The van der Waals surface area contributed by atoms with Crippen molar-refractivity contribution in [3.8, 4) is 5.75 Å². The van der Waals surface area contributed by atoms with Gasteiger partial charge in [0.2, 0.25) is 0 Å². The van der Waals surface area contributed by atoms with Crippen LogP contribution in [-0.4, -0.2) is 24.4 Å². The summed E-state index contributed by atoms with van der Waals surface area (Å²) in [5.41, 5.74) is 7.65. The van der Waals surface area contributed by atoms with E-state index in [0.29, 0.717) is 19.6 Å². The second-order valence-corrected chi connectivity index (χ2v) is 5.80. The van der Waals surface area contributed by atoms with Crippen molar-refractivity contribution in [2.45, 2.75) is 32.8 Å². The van der Waals surface area contributed by atoms with E-state index in [1.54, 1.807) is 6.92 Å². The topological polar surface area (TPSA) is 55.5 Å². The third-order valence-corrected chi connectivity index (χ3v) is 4.11. The van der Waals surface area contributed by atoms with Crippen molar-refractivity contribution in [2.24, 2.45) is 11.1 Å². The summed E-state index contributed by atoms with van der Waals surface area (Å²) in [4.78, 5) is 0. The maximum absolute atomic E-state index is 9.90. The van der Waals surface area contributed by atoms with Crippen LogP contribution in [0.1, 0.15) is 25.0 Å². The highest BCUT2D eigenvalue weighted by Crippen LogP contribution is 2.37. The van der Waals surface area contributed by atoms with Crippen molar-refractivity contribution in [1.82, 2.24) is 0 Å². The maximum atomic E-state index is 9.90. The number of aliphatic hydroxyl groups excluding tert-OH is 1. The fraction of sp³-hybridized carbons (Fsp3) is 0.571. The Bertz CT molecular complexity index is 448.